The molecule has 1 aliphatic rings. The fourth-order valence-electron chi connectivity index (χ4n) is 10.3. The number of halogens is 1. The normalized spacial score (nSPS) is 12.3. The summed E-state index contributed by atoms with van der Waals surface area (Å²) >= 11 is 6.83. The molecule has 0 saturated heterocycles. The van der Waals surface area contributed by atoms with Gasteiger partial charge in [0.2, 0.25) is 0 Å². The van der Waals surface area contributed by atoms with Crippen molar-refractivity contribution in [3.63, 3.8) is 0 Å². The second-order valence-corrected chi connectivity index (χ2v) is 30.1. The highest BCUT2D eigenvalue weighted by molar-refractivity contribution is 7.95. The number of para-hydroxylation sites is 1. The van der Waals surface area contributed by atoms with Gasteiger partial charge in [-0.15, -0.1) is 11.3 Å². The predicted molar refractivity (Wildman–Crippen MR) is 378 cm³/mol. The van der Waals surface area contributed by atoms with Crippen LogP contribution in [0.2, 0.25) is 4.34 Å². The molecule has 16 nitrogen and oxygen atoms in total. The molecule has 0 amide bonds. The minimum atomic E-state index is -3.74. The molecule has 3 heterocycles. The number of rotatable bonds is 14. The summed E-state index contributed by atoms with van der Waals surface area (Å²) in [5.41, 5.74) is 3.61. The van der Waals surface area contributed by atoms with Crippen molar-refractivity contribution in [2.45, 2.75) is 38.8 Å². The number of sulfonamides is 4. The minimum absolute atomic E-state index is 0.0428. The predicted octanol–water partition coefficient (Wildman–Crippen LogP) is 16.4. The minimum Gasteiger partial charge on any atom is -0.491 e. The highest BCUT2D eigenvalue weighted by Gasteiger charge is 2.24. The van der Waals surface area contributed by atoms with Crippen molar-refractivity contribution in [1.29, 1.82) is 0 Å². The number of pyridine rings is 1. The molecule has 0 bridgehead atoms. The number of likely N-dealkylation sites (N-methyl/N-ethyl adjacent to an activating group) is 1. The molecule has 2 aromatic heterocycles. The molecule has 0 spiro atoms. The fourth-order valence-corrected chi connectivity index (χ4v) is 16.3. The Bertz CT molecular complexity index is 5330. The summed E-state index contributed by atoms with van der Waals surface area (Å²) in [6, 6.07) is 76.0. The summed E-state index contributed by atoms with van der Waals surface area (Å²) in [5, 5.41) is 8.17. The lowest BCUT2D eigenvalue weighted by Gasteiger charge is -2.27. The summed E-state index contributed by atoms with van der Waals surface area (Å²) in [7, 11) is -12.7. The van der Waals surface area contributed by atoms with Crippen LogP contribution in [0.15, 0.2) is 280 Å². The zero-order valence-electron chi connectivity index (χ0n) is 50.2. The lowest BCUT2D eigenvalue weighted by atomic mass is 10.1. The molecule has 22 heteroatoms. The van der Waals surface area contributed by atoms with Crippen LogP contribution in [-0.4, -0.2) is 65.0 Å². The average molecular weight is 1350 g/mol. The van der Waals surface area contributed by atoms with Gasteiger partial charge in [0.25, 0.3) is 40.1 Å². The topological polar surface area (TPSA) is 219 Å². The van der Waals surface area contributed by atoms with E-state index < -0.39 is 40.1 Å². The van der Waals surface area contributed by atoms with E-state index in [4.69, 9.17) is 21.1 Å². The van der Waals surface area contributed by atoms with Crippen molar-refractivity contribution in [2.75, 3.05) is 44.0 Å². The number of aromatic nitrogens is 1. The molecule has 14 rings (SSSR count). The van der Waals surface area contributed by atoms with Crippen LogP contribution >= 0.6 is 22.9 Å². The van der Waals surface area contributed by atoms with Gasteiger partial charge >= 0.3 is 0 Å². The Labute approximate surface area is 549 Å². The van der Waals surface area contributed by atoms with Crippen molar-refractivity contribution >= 4 is 145 Å². The lowest BCUT2D eigenvalue weighted by molar-refractivity contribution is 0.242. The van der Waals surface area contributed by atoms with E-state index >= 15 is 0 Å². The van der Waals surface area contributed by atoms with Gasteiger partial charge in [0, 0.05) is 46.2 Å². The molecule has 13 aromatic rings. The van der Waals surface area contributed by atoms with E-state index in [1.54, 1.807) is 97.2 Å². The van der Waals surface area contributed by atoms with E-state index in [1.165, 1.54) is 6.07 Å². The van der Waals surface area contributed by atoms with E-state index in [0.29, 0.717) is 50.7 Å². The van der Waals surface area contributed by atoms with Gasteiger partial charge < -0.3 is 14.4 Å². The zero-order chi connectivity index (χ0) is 65.3. The number of nitrogens with one attached hydrogen (secondary N) is 4. The fraction of sp³-hybridized carbons (Fsp3) is 0.0845. The Morgan fingerprint density at radius 3 is 1.37 bits per heavy atom. The van der Waals surface area contributed by atoms with E-state index in [-0.39, 0.29) is 25.0 Å². The van der Waals surface area contributed by atoms with Crippen molar-refractivity contribution in [3.8, 4) is 11.5 Å². The van der Waals surface area contributed by atoms with Crippen molar-refractivity contribution < 1.29 is 43.1 Å². The molecular formula is C71H61ClN6O10S5. The summed E-state index contributed by atoms with van der Waals surface area (Å²) in [6.07, 6.45) is 1.64. The number of anilines is 5. The summed E-state index contributed by atoms with van der Waals surface area (Å²) < 4.78 is 124. The maximum absolute atomic E-state index is 12.9. The van der Waals surface area contributed by atoms with E-state index in [1.807, 2.05) is 184 Å². The first-order valence-corrected chi connectivity index (χ1v) is 36.2. The second kappa shape index (κ2) is 28.0. The van der Waals surface area contributed by atoms with Crippen LogP contribution in [0.25, 0.3) is 54.0 Å². The highest BCUT2D eigenvalue weighted by Crippen LogP contribution is 2.36. The van der Waals surface area contributed by atoms with Gasteiger partial charge in [-0.1, -0.05) is 175 Å². The molecule has 4 N–H and O–H groups in total. The van der Waals surface area contributed by atoms with Crippen LogP contribution in [-0.2, 0) is 40.1 Å². The van der Waals surface area contributed by atoms with Gasteiger partial charge in [-0.05, 0) is 120 Å². The Balaban J connectivity index is 0.000000127. The standard InChI is InChI=1S/C19H18N2O3S.C19H14N2O2S.C19H19NO3S.C14H10ClNO2S2/c1-21-11-12-24-19-13-15(9-10-18(19)21)25(22,23)20-17-8-4-6-14-5-2-3-7-16(14)17;22-24(23,18-12-4-8-15-9-5-13-20-19(15)18)21-17-11-3-7-14-6-1-2-10-16(14)17;1-14(2)23-16-10-12-17(13-11-16)24(21,22)20-19-9-5-7-15-6-3-4-8-18(15)19;15-13-8-9-14(19-13)20(17,18)16-12-7-3-5-10-4-1-2-6-11(10)12/h2-10,13,20H,11-12H2,1H3;1-13,21H;3-14,20H,1-2H3;1-9,16H. The smallest absolute Gasteiger partial charge is 0.271 e. The van der Waals surface area contributed by atoms with Crippen LogP contribution < -0.4 is 33.3 Å². The van der Waals surface area contributed by atoms with Gasteiger partial charge in [-0.25, -0.2) is 33.7 Å². The van der Waals surface area contributed by atoms with E-state index in [2.05, 4.69) is 23.9 Å². The van der Waals surface area contributed by atoms with Gasteiger partial charge in [-0.2, -0.15) is 0 Å². The first-order chi connectivity index (χ1) is 44.7. The van der Waals surface area contributed by atoms with Crippen LogP contribution in [0.1, 0.15) is 13.8 Å². The Morgan fingerprint density at radius 1 is 0.462 bits per heavy atom. The number of thiophene rings is 1. The number of hydrogen-bond donors (Lipinski definition) is 4. The van der Waals surface area contributed by atoms with Gasteiger partial charge in [0.1, 0.15) is 27.2 Å². The van der Waals surface area contributed by atoms with Crippen molar-refractivity contribution in [3.05, 3.63) is 265 Å². The largest absolute Gasteiger partial charge is 0.491 e. The number of nitrogens with zero attached hydrogens (tertiary/aromatic N) is 2. The monoisotopic (exact) mass is 1350 g/mol. The molecule has 472 valence electrons. The van der Waals surface area contributed by atoms with E-state index in [0.717, 1.165) is 72.0 Å². The number of fused-ring (bicyclic) bond motifs is 6. The highest BCUT2D eigenvalue weighted by atomic mass is 35.5. The molecule has 93 heavy (non-hydrogen) atoms. The maximum atomic E-state index is 12.9. The van der Waals surface area contributed by atoms with Crippen molar-refractivity contribution in [1.82, 2.24) is 4.98 Å². The zero-order valence-corrected chi connectivity index (χ0v) is 55.1. The Hall–Kier alpha value is -9.74. The van der Waals surface area contributed by atoms with Crippen LogP contribution in [0.4, 0.5) is 28.4 Å². The third-order valence-corrected chi connectivity index (χ3v) is 21.9. The van der Waals surface area contributed by atoms with Gasteiger partial charge in [0.15, 0.2) is 0 Å². The van der Waals surface area contributed by atoms with Crippen LogP contribution in [0.5, 0.6) is 11.5 Å². The Morgan fingerprint density at radius 2 is 0.882 bits per heavy atom. The maximum Gasteiger partial charge on any atom is 0.271 e. The average Bonchev–Trinajstić information content (AvgIpc) is 1.20. The molecule has 0 aliphatic carbocycles. The van der Waals surface area contributed by atoms with E-state index in [9.17, 15) is 33.7 Å². The molecule has 0 atom stereocenters. The Kier molecular flexibility index (Phi) is 19.5. The quantitative estimate of drug-likeness (QED) is 0.0799. The third kappa shape index (κ3) is 15.4. The second-order valence-electron chi connectivity index (χ2n) is 21.5. The van der Waals surface area contributed by atoms with Gasteiger partial charge in [-0.3, -0.25) is 23.9 Å². The number of ether oxygens (including phenoxy) is 2. The molecule has 11 aromatic carbocycles. The van der Waals surface area contributed by atoms with Crippen LogP contribution in [0, 0.1) is 0 Å². The third-order valence-electron chi connectivity index (χ3n) is 14.7. The first kappa shape index (κ1) is 64.8. The molecular weight excluding hydrogens is 1290 g/mol. The molecule has 0 saturated carbocycles. The SMILES string of the molecule is CC(C)Oc1ccc(S(=O)(=O)Nc2cccc3ccccc23)cc1.CN1CCOc2cc(S(=O)(=O)Nc3cccc4ccccc34)ccc21.O=S(=O)(Nc1cccc2ccccc12)c1ccc(Cl)s1.O=S(=O)(Nc1cccc2ccccc12)c1cccc2cccnc12. The number of benzene rings is 11. The van der Waals surface area contributed by atoms with Gasteiger partial charge in [0.05, 0.1) is 60.7 Å². The summed E-state index contributed by atoms with van der Waals surface area (Å²) in [6.45, 7) is 5.18. The molecule has 1 aliphatic heterocycles. The molecule has 0 radical (unpaired) electrons. The lowest BCUT2D eigenvalue weighted by Crippen LogP contribution is -2.29. The number of hydrogen-bond acceptors (Lipinski definition) is 13. The summed E-state index contributed by atoms with van der Waals surface area (Å²) in [5.74, 6) is 1.24. The first-order valence-electron chi connectivity index (χ1n) is 29.1. The van der Waals surface area contributed by atoms with Crippen LogP contribution in [0.3, 0.4) is 0 Å². The van der Waals surface area contributed by atoms with Crippen molar-refractivity contribution in [2.24, 2.45) is 0 Å². The summed E-state index contributed by atoms with van der Waals surface area (Å²) in [4.78, 5) is 6.85. The molecule has 0 unspecified atom stereocenters. The molecule has 0 fully saturated rings.